The quantitative estimate of drug-likeness (QED) is 0.536. The fraction of sp³-hybridized carbons (Fsp3) is 0.619. The van der Waals surface area contributed by atoms with Gasteiger partial charge in [-0.1, -0.05) is 0 Å². The molecule has 1 amide bonds. The van der Waals surface area contributed by atoms with Gasteiger partial charge in [-0.25, -0.2) is 17.6 Å². The van der Waals surface area contributed by atoms with E-state index in [2.05, 4.69) is 10.3 Å². The third-order valence-electron chi connectivity index (χ3n) is 5.56. The summed E-state index contributed by atoms with van der Waals surface area (Å²) < 4.78 is 83.3. The summed E-state index contributed by atoms with van der Waals surface area (Å²) in [5, 5.41) is 2.72. The van der Waals surface area contributed by atoms with Gasteiger partial charge in [0, 0.05) is 26.1 Å². The standard InChI is InChI=1S/C21H25F4N3O6/c1-9(26-10(2)29)5-30-13-6-32-20-14(7-33-19(13)20)34-21-27-17-11(22)4-12(31-8-15(23)24)16(25)18(17)28(21)3/h4,9,13-15,19-20H,5-8H2,1-3H3,(H,26,29)/t9-,13-,14+,19+,20+/m0/s1. The van der Waals surface area contributed by atoms with Gasteiger partial charge in [-0.2, -0.15) is 4.98 Å². The van der Waals surface area contributed by atoms with Gasteiger partial charge in [0.1, 0.15) is 36.0 Å². The number of amides is 1. The molecule has 0 radical (unpaired) electrons. The summed E-state index contributed by atoms with van der Waals surface area (Å²) in [7, 11) is 1.40. The minimum absolute atomic E-state index is 0.0969. The largest absolute Gasteiger partial charge is 0.484 e. The molecule has 0 unspecified atom stereocenters. The zero-order valence-corrected chi connectivity index (χ0v) is 18.7. The number of aromatic nitrogens is 2. The molecule has 4 rings (SSSR count). The number of hydrogen-bond acceptors (Lipinski definition) is 7. The van der Waals surface area contributed by atoms with Crippen LogP contribution < -0.4 is 14.8 Å². The van der Waals surface area contributed by atoms with Gasteiger partial charge in [0.25, 0.3) is 12.4 Å². The number of carbonyl (C=O) groups excluding carboxylic acids is 1. The molecule has 1 aromatic heterocycles. The van der Waals surface area contributed by atoms with Gasteiger partial charge in [0.05, 0.1) is 19.8 Å². The second-order valence-corrected chi connectivity index (χ2v) is 8.25. The normalized spacial score (nSPS) is 25.1. The highest BCUT2D eigenvalue weighted by atomic mass is 19.3. The molecular weight excluding hydrogens is 466 g/mol. The van der Waals surface area contributed by atoms with Gasteiger partial charge in [0.2, 0.25) is 5.91 Å². The molecule has 2 aromatic rings. The molecule has 1 aromatic carbocycles. The molecule has 34 heavy (non-hydrogen) atoms. The van der Waals surface area contributed by atoms with Crippen LogP contribution in [0, 0.1) is 11.6 Å². The molecule has 2 aliphatic heterocycles. The van der Waals surface area contributed by atoms with Crippen LogP contribution in [0.3, 0.4) is 0 Å². The molecule has 1 N–H and O–H groups in total. The van der Waals surface area contributed by atoms with Crippen LogP contribution in [-0.2, 0) is 26.1 Å². The molecule has 0 spiro atoms. The third-order valence-corrected chi connectivity index (χ3v) is 5.56. The Kier molecular flexibility index (Phi) is 7.14. The average molecular weight is 491 g/mol. The third kappa shape index (κ3) is 4.91. The van der Waals surface area contributed by atoms with Crippen LogP contribution in [0.4, 0.5) is 17.6 Å². The van der Waals surface area contributed by atoms with E-state index in [-0.39, 0.29) is 54.9 Å². The Bertz CT molecular complexity index is 1050. The molecule has 2 aliphatic rings. The summed E-state index contributed by atoms with van der Waals surface area (Å²) in [6, 6.07) is 0.389. The number of aryl methyl sites for hydroxylation is 1. The Morgan fingerprint density at radius 1 is 1.24 bits per heavy atom. The van der Waals surface area contributed by atoms with Crippen LogP contribution in [-0.4, -0.2) is 78.8 Å². The molecule has 13 heteroatoms. The molecule has 2 fully saturated rings. The number of alkyl halides is 2. The maximum atomic E-state index is 14.8. The number of halogens is 4. The zero-order chi connectivity index (χ0) is 24.6. The Morgan fingerprint density at radius 3 is 2.59 bits per heavy atom. The molecule has 2 saturated heterocycles. The summed E-state index contributed by atoms with van der Waals surface area (Å²) in [6.45, 7) is 2.81. The van der Waals surface area contributed by atoms with Crippen molar-refractivity contribution in [1.29, 1.82) is 0 Å². The van der Waals surface area contributed by atoms with E-state index < -0.39 is 48.7 Å². The first-order valence-electron chi connectivity index (χ1n) is 10.7. The Balaban J connectivity index is 1.45. The number of imidazole rings is 1. The maximum absolute atomic E-state index is 14.8. The zero-order valence-electron chi connectivity index (χ0n) is 18.7. The second-order valence-electron chi connectivity index (χ2n) is 8.25. The molecule has 0 bridgehead atoms. The topological polar surface area (TPSA) is 93.1 Å². The van der Waals surface area contributed by atoms with Crippen LogP contribution in [0.2, 0.25) is 0 Å². The lowest BCUT2D eigenvalue weighted by molar-refractivity contribution is -0.120. The summed E-state index contributed by atoms with van der Waals surface area (Å²) in [5.41, 5.74) is -0.606. The van der Waals surface area contributed by atoms with Crippen molar-refractivity contribution < 1.29 is 46.0 Å². The van der Waals surface area contributed by atoms with Gasteiger partial charge < -0.3 is 29.0 Å². The first-order valence-corrected chi connectivity index (χ1v) is 10.7. The monoisotopic (exact) mass is 491 g/mol. The van der Waals surface area contributed by atoms with E-state index in [4.69, 9.17) is 23.7 Å². The molecule has 0 saturated carbocycles. The lowest BCUT2D eigenvalue weighted by Crippen LogP contribution is -2.39. The van der Waals surface area contributed by atoms with Crippen LogP contribution in [0.1, 0.15) is 13.8 Å². The highest BCUT2D eigenvalue weighted by Gasteiger charge is 2.50. The number of benzene rings is 1. The van der Waals surface area contributed by atoms with Gasteiger partial charge in [0.15, 0.2) is 23.5 Å². The first kappa shape index (κ1) is 24.5. The number of nitrogens with one attached hydrogen (secondary N) is 1. The lowest BCUT2D eigenvalue weighted by Gasteiger charge is -2.20. The SMILES string of the molecule is CC(=O)N[C@@H](C)CO[C@H]1CO[C@H]2[C@@H]1OC[C@H]2Oc1nc2c(F)cc(OCC(F)F)c(F)c2n1C. The van der Waals surface area contributed by atoms with Gasteiger partial charge in [-0.15, -0.1) is 0 Å². The highest BCUT2D eigenvalue weighted by Crippen LogP contribution is 2.35. The van der Waals surface area contributed by atoms with E-state index >= 15 is 0 Å². The summed E-state index contributed by atoms with van der Waals surface area (Å²) in [4.78, 5) is 15.2. The van der Waals surface area contributed by atoms with Crippen molar-refractivity contribution in [2.24, 2.45) is 7.05 Å². The van der Waals surface area contributed by atoms with Crippen molar-refractivity contribution in [3.63, 3.8) is 0 Å². The van der Waals surface area contributed by atoms with Crippen LogP contribution >= 0.6 is 0 Å². The molecular formula is C21H25F4N3O6. The number of rotatable bonds is 9. The minimum Gasteiger partial charge on any atom is -0.484 e. The number of carbonyl (C=O) groups is 1. The molecule has 188 valence electrons. The van der Waals surface area contributed by atoms with E-state index in [9.17, 15) is 22.4 Å². The summed E-state index contributed by atoms with van der Waals surface area (Å²) >= 11 is 0. The summed E-state index contributed by atoms with van der Waals surface area (Å²) in [5.74, 6) is -2.77. The summed E-state index contributed by atoms with van der Waals surface area (Å²) in [6.07, 6.45) is -4.76. The average Bonchev–Trinajstić information content (AvgIpc) is 3.43. The van der Waals surface area contributed by atoms with Gasteiger partial charge in [-0.3, -0.25) is 9.36 Å². The van der Waals surface area contributed by atoms with E-state index in [0.29, 0.717) is 6.07 Å². The van der Waals surface area contributed by atoms with Crippen molar-refractivity contribution in [2.45, 2.75) is 50.7 Å². The number of ether oxygens (including phenoxy) is 5. The minimum atomic E-state index is -2.84. The molecule has 3 heterocycles. The second kappa shape index (κ2) is 9.92. The van der Waals surface area contributed by atoms with E-state index in [1.54, 1.807) is 0 Å². The van der Waals surface area contributed by atoms with Crippen molar-refractivity contribution in [3.05, 3.63) is 17.7 Å². The number of fused-ring (bicyclic) bond motifs is 2. The fourth-order valence-electron chi connectivity index (χ4n) is 4.09. The first-order chi connectivity index (χ1) is 16.2. The number of hydrogen-bond donors (Lipinski definition) is 1. The van der Waals surface area contributed by atoms with E-state index in [1.165, 1.54) is 18.5 Å². The van der Waals surface area contributed by atoms with Crippen LogP contribution in [0.5, 0.6) is 11.8 Å². The predicted molar refractivity (Wildman–Crippen MR) is 109 cm³/mol. The van der Waals surface area contributed by atoms with Crippen LogP contribution in [0.25, 0.3) is 11.0 Å². The fourth-order valence-corrected chi connectivity index (χ4v) is 4.09. The molecule has 0 aliphatic carbocycles. The van der Waals surface area contributed by atoms with Gasteiger partial charge >= 0.3 is 0 Å². The Morgan fingerprint density at radius 2 is 1.91 bits per heavy atom. The molecule has 5 atom stereocenters. The van der Waals surface area contributed by atoms with Crippen molar-refractivity contribution in [3.8, 4) is 11.8 Å². The maximum Gasteiger partial charge on any atom is 0.297 e. The van der Waals surface area contributed by atoms with Crippen molar-refractivity contribution in [1.82, 2.24) is 14.9 Å². The van der Waals surface area contributed by atoms with Gasteiger partial charge in [-0.05, 0) is 6.92 Å². The Hall–Kier alpha value is -2.64. The van der Waals surface area contributed by atoms with E-state index in [0.717, 1.165) is 0 Å². The van der Waals surface area contributed by atoms with Crippen LogP contribution in [0.15, 0.2) is 6.07 Å². The lowest BCUT2D eigenvalue weighted by atomic mass is 10.1. The molecule has 9 nitrogen and oxygen atoms in total. The number of nitrogens with zero attached hydrogens (tertiary/aromatic N) is 2. The highest BCUT2D eigenvalue weighted by molar-refractivity contribution is 5.80. The smallest absolute Gasteiger partial charge is 0.297 e. The van der Waals surface area contributed by atoms with E-state index in [1.807, 2.05) is 6.92 Å². The Labute approximate surface area is 192 Å². The van der Waals surface area contributed by atoms with Crippen molar-refractivity contribution in [2.75, 3.05) is 26.4 Å². The predicted octanol–water partition coefficient (Wildman–Crippen LogP) is 1.95. The van der Waals surface area contributed by atoms with Crippen molar-refractivity contribution >= 4 is 16.9 Å².